The number of nitrogens with two attached hydrogens (primary N) is 1. The topological polar surface area (TPSA) is 35.2 Å². The van der Waals surface area contributed by atoms with E-state index in [0.717, 1.165) is 13.0 Å². The average molecular weight is 245 g/mol. The molecule has 2 heterocycles. The summed E-state index contributed by atoms with van der Waals surface area (Å²) in [6.07, 6.45) is 1.09. The molecule has 0 bridgehead atoms. The molecule has 2 N–H and O–H groups in total. The fourth-order valence-corrected chi connectivity index (χ4v) is 3.45. The first-order valence-corrected chi connectivity index (χ1v) is 6.75. The Labute approximate surface area is 105 Å². The number of thiophene rings is 1. The lowest BCUT2D eigenvalue weighted by Crippen LogP contribution is -2.22. The van der Waals surface area contributed by atoms with Gasteiger partial charge in [0.25, 0.3) is 0 Å². The van der Waals surface area contributed by atoms with E-state index >= 15 is 0 Å². The van der Waals surface area contributed by atoms with Crippen LogP contribution in [0.5, 0.6) is 0 Å². The molecule has 2 aromatic rings. The lowest BCUT2D eigenvalue weighted by atomic mass is 9.96. The SMILES string of the molecule is NCC1OCCc2scc(-c3ccccc3)c21. The van der Waals surface area contributed by atoms with Gasteiger partial charge in [-0.05, 0) is 16.5 Å². The third kappa shape index (κ3) is 1.90. The maximum Gasteiger partial charge on any atom is 0.0963 e. The molecular weight excluding hydrogens is 230 g/mol. The largest absolute Gasteiger partial charge is 0.372 e. The second-order valence-corrected chi connectivity index (χ2v) is 5.16. The molecule has 0 amide bonds. The standard InChI is InChI=1S/C14H15NOS/c15-8-12-14-11(10-4-2-1-3-5-10)9-17-13(14)6-7-16-12/h1-5,9,12H,6-8,15H2. The van der Waals surface area contributed by atoms with Crippen LogP contribution in [0.3, 0.4) is 0 Å². The molecule has 1 aromatic carbocycles. The minimum atomic E-state index is 0.0696. The molecule has 0 aliphatic carbocycles. The van der Waals surface area contributed by atoms with Crippen LogP contribution in [-0.4, -0.2) is 13.2 Å². The van der Waals surface area contributed by atoms with Crippen molar-refractivity contribution in [2.45, 2.75) is 12.5 Å². The molecule has 1 aliphatic heterocycles. The Hall–Kier alpha value is -1.16. The van der Waals surface area contributed by atoms with Crippen molar-refractivity contribution < 1.29 is 4.74 Å². The Morgan fingerprint density at radius 1 is 1.29 bits per heavy atom. The molecule has 88 valence electrons. The van der Waals surface area contributed by atoms with E-state index in [1.54, 1.807) is 0 Å². The van der Waals surface area contributed by atoms with Crippen molar-refractivity contribution in [3.8, 4) is 11.1 Å². The Balaban J connectivity index is 2.10. The highest BCUT2D eigenvalue weighted by atomic mass is 32.1. The van der Waals surface area contributed by atoms with Crippen LogP contribution in [0, 0.1) is 0 Å². The number of ether oxygens (including phenoxy) is 1. The minimum absolute atomic E-state index is 0.0696. The average Bonchev–Trinajstić information content (AvgIpc) is 2.83. The summed E-state index contributed by atoms with van der Waals surface area (Å²) in [4.78, 5) is 1.44. The van der Waals surface area contributed by atoms with Gasteiger partial charge in [-0.3, -0.25) is 0 Å². The van der Waals surface area contributed by atoms with E-state index in [0.29, 0.717) is 6.54 Å². The number of rotatable bonds is 2. The van der Waals surface area contributed by atoms with Crippen LogP contribution in [0.2, 0.25) is 0 Å². The third-order valence-electron chi connectivity index (χ3n) is 3.18. The van der Waals surface area contributed by atoms with Gasteiger partial charge in [0.15, 0.2) is 0 Å². The van der Waals surface area contributed by atoms with Crippen LogP contribution in [0.25, 0.3) is 11.1 Å². The zero-order valence-corrected chi connectivity index (χ0v) is 10.4. The van der Waals surface area contributed by atoms with Gasteiger partial charge in [-0.15, -0.1) is 11.3 Å². The lowest BCUT2D eigenvalue weighted by Gasteiger charge is -2.23. The van der Waals surface area contributed by atoms with E-state index in [2.05, 4.69) is 29.6 Å². The first-order valence-electron chi connectivity index (χ1n) is 5.87. The zero-order valence-electron chi connectivity index (χ0n) is 9.56. The van der Waals surface area contributed by atoms with Crippen LogP contribution < -0.4 is 5.73 Å². The highest BCUT2D eigenvalue weighted by Crippen LogP contribution is 2.39. The lowest BCUT2D eigenvalue weighted by molar-refractivity contribution is 0.0502. The summed E-state index contributed by atoms with van der Waals surface area (Å²) in [7, 11) is 0. The molecule has 3 heteroatoms. The summed E-state index contributed by atoms with van der Waals surface area (Å²) in [5, 5.41) is 2.23. The number of fused-ring (bicyclic) bond motifs is 1. The maximum absolute atomic E-state index is 5.80. The number of hydrogen-bond donors (Lipinski definition) is 1. The predicted octanol–water partition coefficient (Wildman–Crippen LogP) is 2.99. The molecule has 1 atom stereocenters. The summed E-state index contributed by atoms with van der Waals surface area (Å²) in [5.74, 6) is 0. The minimum Gasteiger partial charge on any atom is -0.372 e. The van der Waals surface area contributed by atoms with Crippen LogP contribution in [-0.2, 0) is 11.2 Å². The highest BCUT2D eigenvalue weighted by molar-refractivity contribution is 7.10. The van der Waals surface area contributed by atoms with Crippen molar-refractivity contribution >= 4 is 11.3 Å². The van der Waals surface area contributed by atoms with E-state index in [1.807, 2.05) is 17.4 Å². The maximum atomic E-state index is 5.80. The summed E-state index contributed by atoms with van der Waals surface area (Å²) in [6.45, 7) is 1.35. The van der Waals surface area contributed by atoms with E-state index in [4.69, 9.17) is 10.5 Å². The quantitative estimate of drug-likeness (QED) is 0.882. The molecule has 0 spiro atoms. The van der Waals surface area contributed by atoms with Crippen molar-refractivity contribution in [3.63, 3.8) is 0 Å². The second kappa shape index (κ2) is 4.61. The Morgan fingerprint density at radius 3 is 2.88 bits per heavy atom. The van der Waals surface area contributed by atoms with Gasteiger partial charge in [-0.25, -0.2) is 0 Å². The molecular formula is C14H15NOS. The molecule has 1 aliphatic rings. The molecule has 0 fully saturated rings. The molecule has 1 unspecified atom stereocenters. The first kappa shape index (κ1) is 11.0. The van der Waals surface area contributed by atoms with Gasteiger partial charge in [0.1, 0.15) is 0 Å². The van der Waals surface area contributed by atoms with Crippen LogP contribution in [0.15, 0.2) is 35.7 Å². The van der Waals surface area contributed by atoms with Crippen LogP contribution in [0.4, 0.5) is 0 Å². The van der Waals surface area contributed by atoms with Crippen molar-refractivity contribution in [1.82, 2.24) is 0 Å². The molecule has 3 rings (SSSR count). The van der Waals surface area contributed by atoms with Gasteiger partial charge in [0, 0.05) is 23.4 Å². The molecule has 1 aromatic heterocycles. The predicted molar refractivity (Wildman–Crippen MR) is 71.2 cm³/mol. The second-order valence-electron chi connectivity index (χ2n) is 4.20. The fourth-order valence-electron chi connectivity index (χ4n) is 2.36. The monoisotopic (exact) mass is 245 g/mol. The summed E-state index contributed by atoms with van der Waals surface area (Å²) >= 11 is 1.83. The molecule has 0 saturated heterocycles. The van der Waals surface area contributed by atoms with E-state index < -0.39 is 0 Å². The van der Waals surface area contributed by atoms with Crippen LogP contribution in [0.1, 0.15) is 16.5 Å². The third-order valence-corrected chi connectivity index (χ3v) is 4.24. The zero-order chi connectivity index (χ0) is 11.7. The smallest absolute Gasteiger partial charge is 0.0963 e. The van der Waals surface area contributed by atoms with E-state index in [-0.39, 0.29) is 6.10 Å². The van der Waals surface area contributed by atoms with Gasteiger partial charge in [-0.2, -0.15) is 0 Å². The van der Waals surface area contributed by atoms with E-state index in [9.17, 15) is 0 Å². The van der Waals surface area contributed by atoms with Crippen molar-refractivity contribution in [2.24, 2.45) is 5.73 Å². The van der Waals surface area contributed by atoms with Gasteiger partial charge < -0.3 is 10.5 Å². The number of hydrogen-bond acceptors (Lipinski definition) is 3. The normalized spacial score (nSPS) is 19.0. The summed E-state index contributed by atoms with van der Waals surface area (Å²) in [6, 6.07) is 10.5. The van der Waals surface area contributed by atoms with Crippen molar-refractivity contribution in [2.75, 3.05) is 13.2 Å². The van der Waals surface area contributed by atoms with Gasteiger partial charge in [0.2, 0.25) is 0 Å². The van der Waals surface area contributed by atoms with Crippen molar-refractivity contribution in [3.05, 3.63) is 46.2 Å². The summed E-state index contributed by atoms with van der Waals surface area (Å²) in [5.41, 5.74) is 9.67. The Kier molecular flexibility index (Phi) is 2.97. The first-order chi connectivity index (χ1) is 8.40. The van der Waals surface area contributed by atoms with Gasteiger partial charge in [-0.1, -0.05) is 30.3 Å². The van der Waals surface area contributed by atoms with Gasteiger partial charge in [0.05, 0.1) is 12.7 Å². The Bertz CT molecular complexity index is 506. The van der Waals surface area contributed by atoms with Crippen LogP contribution >= 0.6 is 11.3 Å². The Morgan fingerprint density at radius 2 is 2.12 bits per heavy atom. The summed E-state index contributed by atoms with van der Waals surface area (Å²) < 4.78 is 5.76. The van der Waals surface area contributed by atoms with E-state index in [1.165, 1.54) is 21.6 Å². The molecule has 0 saturated carbocycles. The van der Waals surface area contributed by atoms with Gasteiger partial charge >= 0.3 is 0 Å². The fraction of sp³-hybridized carbons (Fsp3) is 0.286. The number of benzene rings is 1. The van der Waals surface area contributed by atoms with Crippen molar-refractivity contribution in [1.29, 1.82) is 0 Å². The highest BCUT2D eigenvalue weighted by Gasteiger charge is 2.25. The molecule has 2 nitrogen and oxygen atoms in total. The molecule has 0 radical (unpaired) electrons. The molecule has 17 heavy (non-hydrogen) atoms.